The summed E-state index contributed by atoms with van der Waals surface area (Å²) in [6, 6.07) is 15.0. The molecule has 0 fully saturated rings. The molecule has 0 aliphatic heterocycles. The Bertz CT molecular complexity index is 818. The van der Waals surface area contributed by atoms with Crippen molar-refractivity contribution in [3.8, 4) is 17.5 Å². The lowest BCUT2D eigenvalue weighted by atomic mass is 10.2. The summed E-state index contributed by atoms with van der Waals surface area (Å²) in [5.74, 6) is -0.0958. The lowest BCUT2D eigenvalue weighted by Crippen LogP contribution is -2.08. The fraction of sp³-hybridized carbons (Fsp3) is 0. The molecule has 3 rings (SSSR count). The van der Waals surface area contributed by atoms with Crippen LogP contribution >= 0.6 is 0 Å². The first kappa shape index (κ1) is 13.5. The third-order valence-corrected chi connectivity index (χ3v) is 2.91. The molecule has 7 heteroatoms. The van der Waals surface area contributed by atoms with Crippen LogP contribution in [0.4, 0.5) is 0 Å². The van der Waals surface area contributed by atoms with Gasteiger partial charge in [-0.1, -0.05) is 0 Å². The lowest BCUT2D eigenvalue weighted by Gasteiger charge is -2.05. The van der Waals surface area contributed by atoms with Gasteiger partial charge in [-0.15, -0.1) is 5.10 Å². The van der Waals surface area contributed by atoms with Crippen LogP contribution in [0.25, 0.3) is 5.69 Å². The van der Waals surface area contributed by atoms with Crippen LogP contribution in [0.5, 0.6) is 5.75 Å². The number of nitriles is 1. The van der Waals surface area contributed by atoms with Crippen LogP contribution in [0.15, 0.2) is 54.9 Å². The highest BCUT2D eigenvalue weighted by Gasteiger charge is 2.09. The van der Waals surface area contributed by atoms with E-state index in [-0.39, 0.29) is 0 Å². The molecule has 0 unspecified atom stereocenters. The Morgan fingerprint density at radius 3 is 2.41 bits per heavy atom. The summed E-state index contributed by atoms with van der Waals surface area (Å²) in [6.45, 7) is 0. The summed E-state index contributed by atoms with van der Waals surface area (Å²) in [5.41, 5.74) is 1.65. The Labute approximate surface area is 125 Å². The van der Waals surface area contributed by atoms with E-state index in [1.165, 1.54) is 11.0 Å². The zero-order valence-electron chi connectivity index (χ0n) is 11.2. The van der Waals surface area contributed by atoms with Gasteiger partial charge in [0.1, 0.15) is 12.1 Å². The van der Waals surface area contributed by atoms with Gasteiger partial charge in [0.25, 0.3) is 0 Å². The summed E-state index contributed by atoms with van der Waals surface area (Å²) >= 11 is 0. The first-order chi connectivity index (χ1) is 10.8. The first-order valence-electron chi connectivity index (χ1n) is 6.32. The van der Waals surface area contributed by atoms with Gasteiger partial charge in [-0.05, 0) is 59.0 Å². The molecule has 0 bridgehead atoms. The fourth-order valence-corrected chi connectivity index (χ4v) is 1.79. The number of aromatic nitrogens is 4. The molecule has 0 atom stereocenters. The van der Waals surface area contributed by atoms with Gasteiger partial charge in [0.05, 0.1) is 22.9 Å². The normalized spacial score (nSPS) is 9.95. The Morgan fingerprint density at radius 1 is 1.09 bits per heavy atom. The number of esters is 1. The highest BCUT2D eigenvalue weighted by Crippen LogP contribution is 2.15. The second-order valence-corrected chi connectivity index (χ2v) is 4.33. The van der Waals surface area contributed by atoms with Crippen molar-refractivity contribution in [3.05, 3.63) is 66.0 Å². The van der Waals surface area contributed by atoms with Crippen molar-refractivity contribution in [2.45, 2.75) is 0 Å². The first-order valence-corrected chi connectivity index (χ1v) is 6.32. The van der Waals surface area contributed by atoms with Crippen molar-refractivity contribution in [1.29, 1.82) is 5.26 Å². The maximum atomic E-state index is 12.0. The quantitative estimate of drug-likeness (QED) is 0.539. The second-order valence-electron chi connectivity index (χ2n) is 4.33. The molecule has 0 amide bonds. The number of hydrogen-bond acceptors (Lipinski definition) is 6. The number of benzene rings is 2. The van der Waals surface area contributed by atoms with Crippen LogP contribution in [0.2, 0.25) is 0 Å². The standard InChI is InChI=1S/C15H9N5O2/c16-9-11-1-7-14(8-2-11)22-15(21)12-3-5-13(6-4-12)20-10-17-18-19-20/h1-8,10H. The molecule has 0 saturated carbocycles. The zero-order valence-corrected chi connectivity index (χ0v) is 11.2. The van der Waals surface area contributed by atoms with E-state index in [1.54, 1.807) is 48.5 Å². The van der Waals surface area contributed by atoms with Gasteiger partial charge in [-0.3, -0.25) is 0 Å². The van der Waals surface area contributed by atoms with Gasteiger partial charge in [0, 0.05) is 0 Å². The average Bonchev–Trinajstić information content (AvgIpc) is 3.10. The molecule has 0 radical (unpaired) electrons. The molecular weight excluding hydrogens is 282 g/mol. The summed E-state index contributed by atoms with van der Waals surface area (Å²) < 4.78 is 6.72. The van der Waals surface area contributed by atoms with Gasteiger partial charge >= 0.3 is 5.97 Å². The fourth-order valence-electron chi connectivity index (χ4n) is 1.79. The maximum absolute atomic E-state index is 12.0. The molecule has 0 saturated heterocycles. The topological polar surface area (TPSA) is 93.7 Å². The Morgan fingerprint density at radius 2 is 1.82 bits per heavy atom. The summed E-state index contributed by atoms with van der Waals surface area (Å²) in [4.78, 5) is 12.0. The number of tetrazole rings is 1. The van der Waals surface area contributed by atoms with E-state index in [4.69, 9.17) is 10.00 Å². The molecule has 3 aromatic rings. The molecule has 0 aliphatic carbocycles. The highest BCUT2D eigenvalue weighted by molar-refractivity contribution is 5.91. The van der Waals surface area contributed by atoms with Crippen LogP contribution in [-0.2, 0) is 0 Å². The third kappa shape index (κ3) is 2.81. The van der Waals surface area contributed by atoms with Gasteiger partial charge in [-0.2, -0.15) is 5.26 Å². The zero-order chi connectivity index (χ0) is 15.4. The SMILES string of the molecule is N#Cc1ccc(OC(=O)c2ccc(-n3cnnn3)cc2)cc1. The van der Waals surface area contributed by atoms with Crippen LogP contribution in [0.1, 0.15) is 15.9 Å². The Balaban J connectivity index is 1.73. The second kappa shape index (κ2) is 5.85. The van der Waals surface area contributed by atoms with Crippen LogP contribution in [0.3, 0.4) is 0 Å². The van der Waals surface area contributed by atoms with E-state index in [1.807, 2.05) is 6.07 Å². The predicted molar refractivity (Wildman–Crippen MR) is 75.3 cm³/mol. The maximum Gasteiger partial charge on any atom is 0.343 e. The summed E-state index contributed by atoms with van der Waals surface area (Å²) in [6.07, 6.45) is 1.46. The van der Waals surface area contributed by atoms with E-state index >= 15 is 0 Å². The molecule has 106 valence electrons. The van der Waals surface area contributed by atoms with Crippen molar-refractivity contribution in [2.75, 3.05) is 0 Å². The highest BCUT2D eigenvalue weighted by atomic mass is 16.5. The monoisotopic (exact) mass is 291 g/mol. The van der Waals surface area contributed by atoms with E-state index in [2.05, 4.69) is 15.5 Å². The summed E-state index contributed by atoms with van der Waals surface area (Å²) in [5, 5.41) is 19.6. The Kier molecular flexibility index (Phi) is 3.58. The molecule has 0 aliphatic rings. The average molecular weight is 291 g/mol. The van der Waals surface area contributed by atoms with Crippen molar-refractivity contribution in [2.24, 2.45) is 0 Å². The number of ether oxygens (including phenoxy) is 1. The minimum atomic E-state index is -0.479. The molecule has 2 aromatic carbocycles. The van der Waals surface area contributed by atoms with Crippen LogP contribution in [-0.4, -0.2) is 26.2 Å². The summed E-state index contributed by atoms with van der Waals surface area (Å²) in [7, 11) is 0. The van der Waals surface area contributed by atoms with E-state index in [0.29, 0.717) is 16.9 Å². The van der Waals surface area contributed by atoms with Crippen molar-refractivity contribution >= 4 is 5.97 Å². The number of rotatable bonds is 3. The molecule has 1 aromatic heterocycles. The minimum absolute atomic E-state index is 0.383. The largest absolute Gasteiger partial charge is 0.423 e. The molecular formula is C15H9N5O2. The molecule has 0 spiro atoms. The van der Waals surface area contributed by atoms with Gasteiger partial charge < -0.3 is 4.74 Å². The predicted octanol–water partition coefficient (Wildman–Crippen LogP) is 1.75. The molecule has 7 nitrogen and oxygen atoms in total. The number of carbonyl (C=O) groups excluding carboxylic acids is 1. The van der Waals surface area contributed by atoms with Gasteiger partial charge in [0.15, 0.2) is 0 Å². The van der Waals surface area contributed by atoms with Gasteiger partial charge in [0.2, 0.25) is 0 Å². The van der Waals surface area contributed by atoms with Crippen LogP contribution < -0.4 is 4.74 Å². The van der Waals surface area contributed by atoms with Crippen molar-refractivity contribution in [1.82, 2.24) is 20.2 Å². The van der Waals surface area contributed by atoms with E-state index in [0.717, 1.165) is 5.69 Å². The molecule has 0 N–H and O–H groups in total. The molecule has 22 heavy (non-hydrogen) atoms. The Hall–Kier alpha value is -3.53. The smallest absolute Gasteiger partial charge is 0.343 e. The number of hydrogen-bond donors (Lipinski definition) is 0. The minimum Gasteiger partial charge on any atom is -0.423 e. The van der Waals surface area contributed by atoms with Gasteiger partial charge in [-0.25, -0.2) is 9.48 Å². The number of carbonyl (C=O) groups is 1. The van der Waals surface area contributed by atoms with Crippen molar-refractivity contribution < 1.29 is 9.53 Å². The van der Waals surface area contributed by atoms with E-state index in [9.17, 15) is 4.79 Å². The van der Waals surface area contributed by atoms with Crippen molar-refractivity contribution in [3.63, 3.8) is 0 Å². The third-order valence-electron chi connectivity index (χ3n) is 2.91. The van der Waals surface area contributed by atoms with Crippen LogP contribution in [0, 0.1) is 11.3 Å². The van der Waals surface area contributed by atoms with E-state index < -0.39 is 5.97 Å². The molecule has 1 heterocycles. The lowest BCUT2D eigenvalue weighted by molar-refractivity contribution is 0.0735. The number of nitrogens with zero attached hydrogens (tertiary/aromatic N) is 5.